The van der Waals surface area contributed by atoms with Crippen LogP contribution in [0.2, 0.25) is 0 Å². The van der Waals surface area contributed by atoms with Gasteiger partial charge >= 0.3 is 6.18 Å². The molecule has 0 aliphatic carbocycles. The van der Waals surface area contributed by atoms with Crippen LogP contribution < -0.4 is 11.3 Å². The predicted molar refractivity (Wildman–Crippen MR) is 69.3 cm³/mol. The molecule has 0 saturated heterocycles. The van der Waals surface area contributed by atoms with E-state index in [1.165, 1.54) is 12.1 Å². The highest BCUT2D eigenvalue weighted by Gasteiger charge is 2.30. The molecule has 102 valence electrons. The number of rotatable bonds is 6. The second-order valence-electron chi connectivity index (χ2n) is 4.05. The van der Waals surface area contributed by atoms with E-state index in [9.17, 15) is 13.2 Å². The Bertz CT molecular complexity index is 369. The number of benzene rings is 1. The Balaban J connectivity index is 2.71. The lowest BCUT2D eigenvalue weighted by Crippen LogP contribution is -2.37. The van der Waals surface area contributed by atoms with E-state index < -0.39 is 11.7 Å². The maximum Gasteiger partial charge on any atom is 0.416 e. The molecule has 1 rings (SSSR count). The van der Waals surface area contributed by atoms with Crippen LogP contribution in [-0.4, -0.2) is 18.1 Å². The van der Waals surface area contributed by atoms with Crippen LogP contribution >= 0.6 is 11.8 Å². The Kier molecular flexibility index (Phi) is 5.98. The molecule has 0 aromatic heterocycles. The molecule has 1 unspecified atom stereocenters. The topological polar surface area (TPSA) is 38.0 Å². The van der Waals surface area contributed by atoms with Gasteiger partial charge < -0.3 is 0 Å². The SMILES string of the molecule is CSCCC(Cc1cccc(C(F)(F)F)c1)NN. The number of halogens is 3. The first kappa shape index (κ1) is 15.3. The monoisotopic (exact) mass is 278 g/mol. The molecule has 18 heavy (non-hydrogen) atoms. The van der Waals surface area contributed by atoms with Gasteiger partial charge in [0.05, 0.1) is 5.56 Å². The van der Waals surface area contributed by atoms with Crippen LogP contribution in [-0.2, 0) is 12.6 Å². The van der Waals surface area contributed by atoms with E-state index in [0.717, 1.165) is 18.2 Å². The van der Waals surface area contributed by atoms with Crippen LogP contribution in [0.15, 0.2) is 24.3 Å². The Morgan fingerprint density at radius 1 is 1.39 bits per heavy atom. The Morgan fingerprint density at radius 3 is 2.67 bits per heavy atom. The van der Waals surface area contributed by atoms with Gasteiger partial charge in [-0.3, -0.25) is 11.3 Å². The molecule has 0 saturated carbocycles. The second-order valence-corrected chi connectivity index (χ2v) is 5.03. The molecule has 0 amide bonds. The van der Waals surface area contributed by atoms with Crippen molar-refractivity contribution in [3.8, 4) is 0 Å². The minimum absolute atomic E-state index is 0.000865. The standard InChI is InChI=1S/C12H17F3N2S/c1-18-6-5-11(17-16)8-9-3-2-4-10(7-9)12(13,14)15/h2-4,7,11,17H,5-6,8,16H2,1H3. The number of hydrogen-bond acceptors (Lipinski definition) is 3. The van der Waals surface area contributed by atoms with Gasteiger partial charge in [0.25, 0.3) is 0 Å². The fourth-order valence-corrected chi connectivity index (χ4v) is 2.18. The number of hydrogen-bond donors (Lipinski definition) is 2. The van der Waals surface area contributed by atoms with Crippen molar-refractivity contribution in [3.63, 3.8) is 0 Å². The van der Waals surface area contributed by atoms with Crippen LogP contribution in [0, 0.1) is 0 Å². The number of nitrogens with one attached hydrogen (secondary N) is 1. The van der Waals surface area contributed by atoms with E-state index in [1.54, 1.807) is 17.8 Å². The van der Waals surface area contributed by atoms with Gasteiger partial charge in [0, 0.05) is 6.04 Å². The van der Waals surface area contributed by atoms with Crippen LogP contribution in [0.1, 0.15) is 17.5 Å². The summed E-state index contributed by atoms with van der Waals surface area (Å²) in [5.41, 5.74) is 2.69. The van der Waals surface area contributed by atoms with Crippen molar-refractivity contribution >= 4 is 11.8 Å². The fourth-order valence-electron chi connectivity index (χ4n) is 1.66. The van der Waals surface area contributed by atoms with Crippen molar-refractivity contribution in [2.45, 2.75) is 25.1 Å². The van der Waals surface area contributed by atoms with Crippen LogP contribution in [0.25, 0.3) is 0 Å². The summed E-state index contributed by atoms with van der Waals surface area (Å²) >= 11 is 1.69. The second kappa shape index (κ2) is 7.01. The lowest BCUT2D eigenvalue weighted by molar-refractivity contribution is -0.137. The first-order valence-corrected chi connectivity index (χ1v) is 6.98. The Hall–Kier alpha value is -0.720. The number of thioether (sulfide) groups is 1. The molecule has 0 aliphatic heterocycles. The van der Waals surface area contributed by atoms with Gasteiger partial charge in [0.1, 0.15) is 0 Å². The maximum atomic E-state index is 12.5. The molecular weight excluding hydrogens is 261 g/mol. The van der Waals surface area contributed by atoms with Crippen LogP contribution in [0.5, 0.6) is 0 Å². The van der Waals surface area contributed by atoms with E-state index in [0.29, 0.717) is 12.0 Å². The Morgan fingerprint density at radius 2 is 2.11 bits per heavy atom. The molecule has 3 N–H and O–H groups in total. The largest absolute Gasteiger partial charge is 0.416 e. The third-order valence-electron chi connectivity index (χ3n) is 2.64. The van der Waals surface area contributed by atoms with Gasteiger partial charge in [-0.15, -0.1) is 0 Å². The molecule has 6 heteroatoms. The summed E-state index contributed by atoms with van der Waals surface area (Å²) in [6, 6.07) is 5.39. The lowest BCUT2D eigenvalue weighted by atomic mass is 10.0. The van der Waals surface area contributed by atoms with E-state index in [1.807, 2.05) is 6.26 Å². The quantitative estimate of drug-likeness (QED) is 0.621. The summed E-state index contributed by atoms with van der Waals surface area (Å²) in [6.07, 6.45) is -0.979. The summed E-state index contributed by atoms with van der Waals surface area (Å²) in [5.74, 6) is 6.33. The van der Waals surface area contributed by atoms with E-state index >= 15 is 0 Å². The molecule has 0 fully saturated rings. The van der Waals surface area contributed by atoms with Gasteiger partial charge in [0.15, 0.2) is 0 Å². The van der Waals surface area contributed by atoms with Crippen molar-refractivity contribution in [1.29, 1.82) is 0 Å². The third kappa shape index (κ3) is 4.88. The Labute approximate surface area is 109 Å². The molecule has 1 aromatic rings. The molecule has 0 spiro atoms. The van der Waals surface area contributed by atoms with Crippen LogP contribution in [0.4, 0.5) is 13.2 Å². The third-order valence-corrected chi connectivity index (χ3v) is 3.29. The van der Waals surface area contributed by atoms with Gasteiger partial charge in [-0.05, 0) is 36.5 Å². The van der Waals surface area contributed by atoms with Crippen molar-refractivity contribution < 1.29 is 13.2 Å². The number of nitrogens with two attached hydrogens (primary N) is 1. The summed E-state index contributed by atoms with van der Waals surface area (Å²) in [4.78, 5) is 0. The fraction of sp³-hybridized carbons (Fsp3) is 0.500. The van der Waals surface area contributed by atoms with Crippen molar-refractivity contribution in [1.82, 2.24) is 5.43 Å². The summed E-state index contributed by atoms with van der Waals surface area (Å²) in [7, 11) is 0. The zero-order valence-corrected chi connectivity index (χ0v) is 10.9. The molecule has 0 aliphatic rings. The molecular formula is C12H17F3N2S. The first-order valence-electron chi connectivity index (χ1n) is 5.58. The zero-order chi connectivity index (χ0) is 13.6. The molecule has 0 heterocycles. The first-order chi connectivity index (χ1) is 8.47. The lowest BCUT2D eigenvalue weighted by Gasteiger charge is -2.16. The van der Waals surface area contributed by atoms with Gasteiger partial charge in [-0.25, -0.2) is 0 Å². The summed E-state index contributed by atoms with van der Waals surface area (Å²) in [5, 5.41) is 0. The van der Waals surface area contributed by atoms with Crippen molar-refractivity contribution in [2.75, 3.05) is 12.0 Å². The minimum Gasteiger partial charge on any atom is -0.271 e. The average molecular weight is 278 g/mol. The number of hydrazine groups is 1. The van der Waals surface area contributed by atoms with E-state index in [4.69, 9.17) is 5.84 Å². The highest BCUT2D eigenvalue weighted by Crippen LogP contribution is 2.29. The summed E-state index contributed by atoms with van der Waals surface area (Å²) < 4.78 is 37.6. The van der Waals surface area contributed by atoms with Crippen molar-refractivity contribution in [3.05, 3.63) is 35.4 Å². The van der Waals surface area contributed by atoms with Crippen LogP contribution in [0.3, 0.4) is 0 Å². The number of alkyl halides is 3. The predicted octanol–water partition coefficient (Wildman–Crippen LogP) is 2.83. The minimum atomic E-state index is -4.29. The molecule has 1 aromatic carbocycles. The summed E-state index contributed by atoms with van der Waals surface area (Å²) in [6.45, 7) is 0. The van der Waals surface area contributed by atoms with E-state index in [-0.39, 0.29) is 6.04 Å². The van der Waals surface area contributed by atoms with Gasteiger partial charge in [-0.1, -0.05) is 18.2 Å². The van der Waals surface area contributed by atoms with Gasteiger partial charge in [0.2, 0.25) is 0 Å². The zero-order valence-electron chi connectivity index (χ0n) is 10.1. The molecule has 2 nitrogen and oxygen atoms in total. The highest BCUT2D eigenvalue weighted by atomic mass is 32.2. The highest BCUT2D eigenvalue weighted by molar-refractivity contribution is 7.98. The average Bonchev–Trinajstić information content (AvgIpc) is 2.33. The molecule has 1 atom stereocenters. The maximum absolute atomic E-state index is 12.5. The normalized spacial score (nSPS) is 13.6. The van der Waals surface area contributed by atoms with E-state index in [2.05, 4.69) is 5.43 Å². The molecule has 0 radical (unpaired) electrons. The van der Waals surface area contributed by atoms with Gasteiger partial charge in [-0.2, -0.15) is 24.9 Å². The molecule has 0 bridgehead atoms. The van der Waals surface area contributed by atoms with Crippen molar-refractivity contribution in [2.24, 2.45) is 5.84 Å². The smallest absolute Gasteiger partial charge is 0.271 e.